The number of hydrogen-bond acceptors (Lipinski definition) is 2. The van der Waals surface area contributed by atoms with Crippen molar-refractivity contribution in [2.24, 2.45) is 0 Å². The Labute approximate surface area is 121 Å². The third-order valence-corrected chi connectivity index (χ3v) is 3.92. The first-order chi connectivity index (χ1) is 9.11. The largest absolute Gasteiger partial charge is 0.497 e. The zero-order valence-corrected chi connectivity index (χ0v) is 12.5. The van der Waals surface area contributed by atoms with Crippen molar-refractivity contribution in [3.05, 3.63) is 65.2 Å². The van der Waals surface area contributed by atoms with Gasteiger partial charge in [0.2, 0.25) is 0 Å². The number of halogens is 1. The van der Waals surface area contributed by atoms with Gasteiger partial charge in [0.25, 0.3) is 0 Å². The van der Waals surface area contributed by atoms with E-state index < -0.39 is 0 Å². The number of hydrogen-bond donors (Lipinski definition) is 0. The van der Waals surface area contributed by atoms with Gasteiger partial charge < -0.3 is 4.74 Å². The summed E-state index contributed by atoms with van der Waals surface area (Å²) < 4.78 is 5.08. The molecule has 0 aromatic heterocycles. The number of rotatable bonds is 4. The smallest absolute Gasteiger partial charge is 0.180 e. The Morgan fingerprint density at radius 2 is 1.63 bits per heavy atom. The number of ether oxygens (including phenoxy) is 1. The van der Waals surface area contributed by atoms with E-state index in [1.165, 1.54) is 5.56 Å². The molecule has 0 bridgehead atoms. The van der Waals surface area contributed by atoms with Crippen LogP contribution in [0.25, 0.3) is 0 Å². The quantitative estimate of drug-likeness (QED) is 0.619. The molecule has 0 aliphatic carbocycles. The topological polar surface area (TPSA) is 26.3 Å². The van der Waals surface area contributed by atoms with Crippen LogP contribution in [-0.4, -0.2) is 12.9 Å². The molecule has 0 saturated carbocycles. The number of aryl methyl sites for hydroxylation is 1. The molecule has 2 nitrogen and oxygen atoms in total. The summed E-state index contributed by atoms with van der Waals surface area (Å²) in [4.78, 5) is 12.0. The summed E-state index contributed by atoms with van der Waals surface area (Å²) in [6, 6.07) is 15.1. The highest BCUT2D eigenvalue weighted by Gasteiger charge is 2.18. The maximum Gasteiger partial charge on any atom is 0.180 e. The number of carbonyl (C=O) groups is 1. The fourth-order valence-corrected chi connectivity index (χ4v) is 2.36. The lowest BCUT2D eigenvalue weighted by Gasteiger charge is -2.10. The Hall–Kier alpha value is -1.61. The average Bonchev–Trinajstić information content (AvgIpc) is 2.46. The Morgan fingerprint density at radius 3 is 2.16 bits per heavy atom. The van der Waals surface area contributed by atoms with Crippen LogP contribution >= 0.6 is 15.9 Å². The van der Waals surface area contributed by atoms with Gasteiger partial charge in [0, 0.05) is 5.56 Å². The van der Waals surface area contributed by atoms with E-state index in [9.17, 15) is 4.79 Å². The first-order valence-corrected chi connectivity index (χ1v) is 6.92. The first-order valence-electron chi connectivity index (χ1n) is 6.00. The number of carbonyl (C=O) groups excluding carboxylic acids is 1. The predicted molar refractivity (Wildman–Crippen MR) is 80.2 cm³/mol. The third-order valence-electron chi connectivity index (χ3n) is 2.97. The van der Waals surface area contributed by atoms with Gasteiger partial charge in [0.1, 0.15) is 10.6 Å². The van der Waals surface area contributed by atoms with Gasteiger partial charge in [-0.3, -0.25) is 4.79 Å². The molecule has 3 heteroatoms. The van der Waals surface area contributed by atoms with E-state index in [2.05, 4.69) is 15.9 Å². The molecule has 98 valence electrons. The second kappa shape index (κ2) is 6.02. The van der Waals surface area contributed by atoms with Crippen LogP contribution in [0.4, 0.5) is 0 Å². The van der Waals surface area contributed by atoms with Gasteiger partial charge in [-0.15, -0.1) is 0 Å². The van der Waals surface area contributed by atoms with Gasteiger partial charge in [-0.1, -0.05) is 45.8 Å². The molecule has 0 aliphatic heterocycles. The Kier molecular flexibility index (Phi) is 4.38. The number of ketones is 1. The van der Waals surface area contributed by atoms with Crippen LogP contribution in [0.15, 0.2) is 48.5 Å². The van der Waals surface area contributed by atoms with Gasteiger partial charge in [-0.05, 0) is 36.8 Å². The molecule has 2 rings (SSSR count). The van der Waals surface area contributed by atoms with Crippen LogP contribution in [0.2, 0.25) is 0 Å². The standard InChI is InChI=1S/C16H15BrO2/c1-11-3-5-12(6-4-11)15(17)16(18)13-7-9-14(19-2)10-8-13/h3-10,15H,1-2H3. The monoisotopic (exact) mass is 318 g/mol. The van der Waals surface area contributed by atoms with Crippen molar-refractivity contribution < 1.29 is 9.53 Å². The maximum absolute atomic E-state index is 12.3. The van der Waals surface area contributed by atoms with Crippen molar-refractivity contribution in [3.63, 3.8) is 0 Å². The lowest BCUT2D eigenvalue weighted by Crippen LogP contribution is -2.07. The summed E-state index contributed by atoms with van der Waals surface area (Å²) in [5.41, 5.74) is 2.81. The molecule has 2 aromatic carbocycles. The lowest BCUT2D eigenvalue weighted by molar-refractivity contribution is 0.0991. The van der Waals surface area contributed by atoms with Crippen molar-refractivity contribution in [1.29, 1.82) is 0 Å². The molecule has 0 heterocycles. The second-order valence-electron chi connectivity index (χ2n) is 4.37. The predicted octanol–water partition coefficient (Wildman–Crippen LogP) is 4.32. The molecular formula is C16H15BrO2. The van der Waals surface area contributed by atoms with E-state index in [-0.39, 0.29) is 10.6 Å². The fraction of sp³-hybridized carbons (Fsp3) is 0.188. The van der Waals surface area contributed by atoms with E-state index in [0.717, 1.165) is 11.3 Å². The molecule has 0 fully saturated rings. The SMILES string of the molecule is COc1ccc(C(=O)C(Br)c2ccc(C)cc2)cc1. The number of alkyl halides is 1. The molecule has 0 saturated heterocycles. The number of Topliss-reactive ketones (excluding diaryl/α,β-unsaturated/α-hetero) is 1. The summed E-state index contributed by atoms with van der Waals surface area (Å²) >= 11 is 3.47. The van der Waals surface area contributed by atoms with Crippen molar-refractivity contribution in [2.45, 2.75) is 11.8 Å². The summed E-state index contributed by atoms with van der Waals surface area (Å²) in [6.45, 7) is 2.03. The molecule has 0 spiro atoms. The van der Waals surface area contributed by atoms with Crippen molar-refractivity contribution in [2.75, 3.05) is 7.11 Å². The zero-order valence-electron chi connectivity index (χ0n) is 10.9. The first kappa shape index (κ1) is 13.8. The molecular weight excluding hydrogens is 304 g/mol. The summed E-state index contributed by atoms with van der Waals surface area (Å²) in [5, 5.41) is 0. The zero-order chi connectivity index (χ0) is 13.8. The summed E-state index contributed by atoms with van der Waals surface area (Å²) in [6.07, 6.45) is 0. The van der Waals surface area contributed by atoms with Crippen LogP contribution in [-0.2, 0) is 0 Å². The van der Waals surface area contributed by atoms with E-state index in [1.807, 2.05) is 31.2 Å². The van der Waals surface area contributed by atoms with Crippen molar-refractivity contribution in [1.82, 2.24) is 0 Å². The van der Waals surface area contributed by atoms with E-state index in [1.54, 1.807) is 31.4 Å². The van der Waals surface area contributed by atoms with E-state index in [0.29, 0.717) is 5.56 Å². The van der Waals surface area contributed by atoms with E-state index in [4.69, 9.17) is 4.74 Å². The molecule has 0 radical (unpaired) electrons. The second-order valence-corrected chi connectivity index (χ2v) is 5.28. The van der Waals surface area contributed by atoms with Crippen molar-refractivity contribution in [3.8, 4) is 5.75 Å². The van der Waals surface area contributed by atoms with Gasteiger partial charge in [-0.25, -0.2) is 0 Å². The molecule has 2 aromatic rings. The van der Waals surface area contributed by atoms with Crippen LogP contribution in [0, 0.1) is 6.92 Å². The number of methoxy groups -OCH3 is 1. The average molecular weight is 319 g/mol. The van der Waals surface area contributed by atoms with Crippen LogP contribution in [0.5, 0.6) is 5.75 Å². The minimum absolute atomic E-state index is 0.0477. The van der Waals surface area contributed by atoms with Gasteiger partial charge in [-0.2, -0.15) is 0 Å². The highest BCUT2D eigenvalue weighted by molar-refractivity contribution is 9.09. The Morgan fingerprint density at radius 1 is 1.05 bits per heavy atom. The molecule has 1 unspecified atom stereocenters. The molecule has 0 N–H and O–H groups in total. The van der Waals surface area contributed by atoms with Crippen LogP contribution < -0.4 is 4.74 Å². The van der Waals surface area contributed by atoms with Crippen molar-refractivity contribution >= 4 is 21.7 Å². The maximum atomic E-state index is 12.3. The highest BCUT2D eigenvalue weighted by Crippen LogP contribution is 2.27. The van der Waals surface area contributed by atoms with Crippen LogP contribution in [0.1, 0.15) is 26.3 Å². The summed E-state index contributed by atoms with van der Waals surface area (Å²) in [7, 11) is 1.61. The van der Waals surface area contributed by atoms with E-state index >= 15 is 0 Å². The summed E-state index contributed by atoms with van der Waals surface area (Å²) in [5.74, 6) is 0.796. The highest BCUT2D eigenvalue weighted by atomic mass is 79.9. The Balaban J connectivity index is 2.20. The normalized spacial score (nSPS) is 11.9. The van der Waals surface area contributed by atoms with Gasteiger partial charge >= 0.3 is 0 Å². The van der Waals surface area contributed by atoms with Crippen LogP contribution in [0.3, 0.4) is 0 Å². The van der Waals surface area contributed by atoms with Gasteiger partial charge in [0.15, 0.2) is 5.78 Å². The molecule has 0 aliphatic rings. The lowest BCUT2D eigenvalue weighted by atomic mass is 10.0. The molecule has 19 heavy (non-hydrogen) atoms. The molecule has 1 atom stereocenters. The third kappa shape index (κ3) is 3.24. The fourth-order valence-electron chi connectivity index (χ4n) is 1.79. The molecule has 0 amide bonds. The Bertz CT molecular complexity index is 558. The van der Waals surface area contributed by atoms with Gasteiger partial charge in [0.05, 0.1) is 7.11 Å². The minimum atomic E-state index is -0.318. The minimum Gasteiger partial charge on any atom is -0.497 e. The number of benzene rings is 2.